The Hall–Kier alpha value is -1.59. The van der Waals surface area contributed by atoms with E-state index < -0.39 is 17.8 Å². The van der Waals surface area contributed by atoms with Gasteiger partial charge in [-0.3, -0.25) is 0 Å². The van der Waals surface area contributed by atoms with Crippen molar-refractivity contribution in [1.29, 1.82) is 0 Å². The first-order valence-corrected chi connectivity index (χ1v) is 5.87. The third-order valence-electron chi connectivity index (χ3n) is 3.58. The summed E-state index contributed by atoms with van der Waals surface area (Å²) in [5, 5.41) is 19.2. The summed E-state index contributed by atoms with van der Waals surface area (Å²) in [5.41, 5.74) is 0.0674. The van der Waals surface area contributed by atoms with Crippen LogP contribution in [0.25, 0.3) is 0 Å². The molecule has 0 saturated carbocycles. The zero-order valence-electron chi connectivity index (χ0n) is 10.2. The highest BCUT2D eigenvalue weighted by Crippen LogP contribution is 2.36. The molecule has 0 radical (unpaired) electrons. The second kappa shape index (κ2) is 4.96. The fourth-order valence-corrected chi connectivity index (χ4v) is 2.50. The van der Waals surface area contributed by atoms with E-state index in [1.807, 2.05) is 30.3 Å². The molecule has 98 valence electrons. The van der Waals surface area contributed by atoms with Crippen molar-refractivity contribution in [2.24, 2.45) is 0 Å². The van der Waals surface area contributed by atoms with Crippen molar-refractivity contribution in [3.05, 3.63) is 35.9 Å². The lowest BCUT2D eigenvalue weighted by Gasteiger charge is -2.44. The molecule has 2 N–H and O–H groups in total. The molecule has 0 bridgehead atoms. The van der Waals surface area contributed by atoms with E-state index in [0.717, 1.165) is 5.56 Å². The molecule has 5 nitrogen and oxygen atoms in total. The Bertz CT molecular complexity index is 422. The second-order valence-electron chi connectivity index (χ2n) is 4.45. The third-order valence-corrected chi connectivity index (χ3v) is 3.58. The van der Waals surface area contributed by atoms with Crippen molar-refractivity contribution in [2.75, 3.05) is 20.2 Å². The minimum atomic E-state index is -1.01. The highest BCUT2D eigenvalue weighted by Gasteiger charge is 2.45. The summed E-state index contributed by atoms with van der Waals surface area (Å²) in [6.07, 6.45) is -1.43. The molecule has 1 aromatic rings. The number of hydrogen-bond donors (Lipinski definition) is 2. The van der Waals surface area contributed by atoms with Crippen LogP contribution >= 0.6 is 0 Å². The fraction of sp³-hybridized carbons (Fsp3) is 0.462. The van der Waals surface area contributed by atoms with E-state index in [1.54, 1.807) is 7.11 Å². The quantitative estimate of drug-likeness (QED) is 0.830. The van der Waals surface area contributed by atoms with Crippen molar-refractivity contribution in [2.45, 2.75) is 18.1 Å². The van der Waals surface area contributed by atoms with Gasteiger partial charge in [-0.15, -0.1) is 0 Å². The predicted octanol–water partition coefficient (Wildman–Crippen LogP) is 1.27. The summed E-state index contributed by atoms with van der Waals surface area (Å²) >= 11 is 0. The number of aliphatic hydroxyl groups is 1. The normalized spacial score (nSPS) is 28.1. The number of β-amino-alcohol motifs (C(OH)–C–C–N with tert-alkyl or cyclic N) is 1. The molecule has 1 aliphatic rings. The maximum Gasteiger partial charge on any atom is 0.407 e. The van der Waals surface area contributed by atoms with Crippen LogP contribution in [0.1, 0.15) is 12.0 Å². The number of amides is 1. The Morgan fingerprint density at radius 3 is 2.61 bits per heavy atom. The molecule has 0 unspecified atom stereocenters. The van der Waals surface area contributed by atoms with Gasteiger partial charge in [0.05, 0.1) is 6.54 Å². The smallest absolute Gasteiger partial charge is 0.407 e. The van der Waals surface area contributed by atoms with Crippen LogP contribution in [0.4, 0.5) is 4.79 Å². The number of piperidine rings is 1. The second-order valence-corrected chi connectivity index (χ2v) is 4.45. The number of ether oxygens (including phenoxy) is 1. The van der Waals surface area contributed by atoms with Gasteiger partial charge in [-0.1, -0.05) is 30.3 Å². The number of benzene rings is 1. The minimum Gasteiger partial charge on any atom is -0.465 e. The Kier molecular flexibility index (Phi) is 3.54. The summed E-state index contributed by atoms with van der Waals surface area (Å²) in [7, 11) is 1.55. The highest BCUT2D eigenvalue weighted by atomic mass is 16.5. The van der Waals surface area contributed by atoms with Gasteiger partial charge < -0.3 is 19.8 Å². The first-order valence-electron chi connectivity index (χ1n) is 5.87. The molecule has 5 heteroatoms. The summed E-state index contributed by atoms with van der Waals surface area (Å²) in [6.45, 7) is 0.424. The van der Waals surface area contributed by atoms with Crippen LogP contribution in [0.15, 0.2) is 30.3 Å². The minimum absolute atomic E-state index is 0.0675. The highest BCUT2D eigenvalue weighted by molar-refractivity contribution is 5.65. The first kappa shape index (κ1) is 12.9. The largest absolute Gasteiger partial charge is 0.465 e. The molecule has 1 aliphatic heterocycles. The van der Waals surface area contributed by atoms with Gasteiger partial charge in [-0.25, -0.2) is 4.79 Å². The van der Waals surface area contributed by atoms with Gasteiger partial charge in [0, 0.05) is 20.1 Å². The Morgan fingerprint density at radius 1 is 1.44 bits per heavy atom. The monoisotopic (exact) mass is 251 g/mol. The van der Waals surface area contributed by atoms with E-state index in [0.29, 0.717) is 13.0 Å². The van der Waals surface area contributed by atoms with Crippen LogP contribution in [-0.4, -0.2) is 47.5 Å². The number of aliphatic hydroxyl groups excluding tert-OH is 1. The summed E-state index contributed by atoms with van der Waals surface area (Å²) in [6, 6.07) is 9.44. The SMILES string of the molecule is CO[C@]1(c2ccccc2)CCN(C(=O)O)C[C@@H]1O. The van der Waals surface area contributed by atoms with Crippen LogP contribution in [0.5, 0.6) is 0 Å². The van der Waals surface area contributed by atoms with Crippen molar-refractivity contribution in [3.8, 4) is 0 Å². The molecule has 0 aliphatic carbocycles. The molecular formula is C13H17NO4. The predicted molar refractivity (Wildman–Crippen MR) is 65.4 cm³/mol. The van der Waals surface area contributed by atoms with Crippen LogP contribution in [0.2, 0.25) is 0 Å². The van der Waals surface area contributed by atoms with Crippen LogP contribution < -0.4 is 0 Å². The Morgan fingerprint density at radius 2 is 2.11 bits per heavy atom. The van der Waals surface area contributed by atoms with Gasteiger partial charge in [0.1, 0.15) is 11.7 Å². The number of nitrogens with zero attached hydrogens (tertiary/aromatic N) is 1. The summed E-state index contributed by atoms with van der Waals surface area (Å²) in [4.78, 5) is 12.1. The van der Waals surface area contributed by atoms with Gasteiger partial charge in [0.25, 0.3) is 0 Å². The van der Waals surface area contributed by atoms with E-state index in [-0.39, 0.29) is 6.54 Å². The zero-order valence-corrected chi connectivity index (χ0v) is 10.2. The van der Waals surface area contributed by atoms with Crippen molar-refractivity contribution in [1.82, 2.24) is 4.90 Å². The van der Waals surface area contributed by atoms with E-state index in [4.69, 9.17) is 9.84 Å². The molecule has 0 spiro atoms. The Labute approximate surface area is 106 Å². The molecule has 0 aromatic heterocycles. The average molecular weight is 251 g/mol. The lowest BCUT2D eigenvalue weighted by atomic mass is 9.82. The van der Waals surface area contributed by atoms with Gasteiger partial charge in [-0.2, -0.15) is 0 Å². The van der Waals surface area contributed by atoms with Crippen LogP contribution in [-0.2, 0) is 10.3 Å². The number of methoxy groups -OCH3 is 1. The molecule has 1 fully saturated rings. The maximum absolute atomic E-state index is 10.9. The first-order chi connectivity index (χ1) is 8.60. The fourth-order valence-electron chi connectivity index (χ4n) is 2.50. The van der Waals surface area contributed by atoms with Crippen LogP contribution in [0.3, 0.4) is 0 Å². The zero-order chi connectivity index (χ0) is 13.2. The molecule has 2 rings (SSSR count). The number of carboxylic acid groups (broad SMARTS) is 1. The van der Waals surface area contributed by atoms with E-state index in [1.165, 1.54) is 4.90 Å². The molecule has 1 amide bonds. The summed E-state index contributed by atoms with van der Waals surface area (Å²) in [5.74, 6) is 0. The number of carbonyl (C=O) groups is 1. The lowest BCUT2D eigenvalue weighted by Crippen LogP contribution is -2.55. The molecule has 2 atom stereocenters. The van der Waals surface area contributed by atoms with Crippen molar-refractivity contribution >= 4 is 6.09 Å². The van der Waals surface area contributed by atoms with Gasteiger partial charge in [-0.05, 0) is 5.56 Å². The third kappa shape index (κ3) is 2.07. The van der Waals surface area contributed by atoms with E-state index >= 15 is 0 Å². The number of likely N-dealkylation sites (tertiary alicyclic amines) is 1. The van der Waals surface area contributed by atoms with Crippen molar-refractivity contribution in [3.63, 3.8) is 0 Å². The molecular weight excluding hydrogens is 234 g/mol. The lowest BCUT2D eigenvalue weighted by molar-refractivity contribution is -0.141. The molecule has 1 aromatic carbocycles. The Balaban J connectivity index is 2.27. The average Bonchev–Trinajstić information content (AvgIpc) is 2.40. The number of rotatable bonds is 2. The van der Waals surface area contributed by atoms with Crippen molar-refractivity contribution < 1.29 is 19.7 Å². The molecule has 18 heavy (non-hydrogen) atoms. The molecule has 1 saturated heterocycles. The van der Waals surface area contributed by atoms with Gasteiger partial charge in [0.15, 0.2) is 0 Å². The van der Waals surface area contributed by atoms with E-state index in [2.05, 4.69) is 0 Å². The standard InChI is InChI=1S/C13H17NO4/c1-18-13(10-5-3-2-4-6-10)7-8-14(12(16)17)9-11(13)15/h2-6,11,15H,7-9H2,1H3,(H,16,17)/t11-,13-/m0/s1. The molecule has 1 heterocycles. The number of hydrogen-bond acceptors (Lipinski definition) is 3. The topological polar surface area (TPSA) is 70.0 Å². The maximum atomic E-state index is 10.9. The van der Waals surface area contributed by atoms with Gasteiger partial charge >= 0.3 is 6.09 Å². The van der Waals surface area contributed by atoms with Crippen LogP contribution in [0, 0.1) is 0 Å². The summed E-state index contributed by atoms with van der Waals surface area (Å²) < 4.78 is 5.54. The van der Waals surface area contributed by atoms with Gasteiger partial charge in [0.2, 0.25) is 0 Å². The van der Waals surface area contributed by atoms with E-state index in [9.17, 15) is 9.90 Å².